The zero-order chi connectivity index (χ0) is 13.7. The molecule has 0 bridgehead atoms. The van der Waals surface area contributed by atoms with Crippen molar-refractivity contribution in [2.45, 2.75) is 77.8 Å². The molecule has 4 unspecified atom stereocenters. The number of rotatable bonds is 5. The number of nitrogens with zero attached hydrogens (tertiary/aromatic N) is 1. The van der Waals surface area contributed by atoms with E-state index in [1.165, 1.54) is 64.6 Å². The molecule has 2 fully saturated rings. The highest BCUT2D eigenvalue weighted by atomic mass is 15.2. The van der Waals surface area contributed by atoms with Gasteiger partial charge in [0.05, 0.1) is 0 Å². The summed E-state index contributed by atoms with van der Waals surface area (Å²) in [5.74, 6) is 1.88. The first-order valence-corrected chi connectivity index (χ1v) is 8.72. The van der Waals surface area contributed by atoms with Crippen LogP contribution in [0.2, 0.25) is 0 Å². The second-order valence-electron chi connectivity index (χ2n) is 6.96. The molecule has 0 radical (unpaired) electrons. The fourth-order valence-electron chi connectivity index (χ4n) is 4.05. The number of hydrogen-bond acceptors (Lipinski definition) is 2. The Morgan fingerprint density at radius 3 is 2.74 bits per heavy atom. The summed E-state index contributed by atoms with van der Waals surface area (Å²) in [6, 6.07) is 1.57. The standard InChI is InChI=1S/C17H34N2/c1-4-10-18-16-9-8-14(3)12-17(16)19-11-6-7-15(5-2)13-19/h14-18H,4-13H2,1-3H3. The van der Waals surface area contributed by atoms with Crippen molar-refractivity contribution in [2.24, 2.45) is 11.8 Å². The molecule has 112 valence electrons. The van der Waals surface area contributed by atoms with Crippen LogP contribution in [-0.2, 0) is 0 Å². The average Bonchev–Trinajstić information content (AvgIpc) is 2.46. The van der Waals surface area contributed by atoms with Crippen molar-refractivity contribution in [1.82, 2.24) is 10.2 Å². The normalized spacial score (nSPS) is 37.4. The molecule has 19 heavy (non-hydrogen) atoms. The minimum Gasteiger partial charge on any atom is -0.312 e. The Hall–Kier alpha value is -0.0800. The molecular weight excluding hydrogens is 232 g/mol. The summed E-state index contributed by atoms with van der Waals surface area (Å²) in [6.45, 7) is 11.0. The third-order valence-electron chi connectivity index (χ3n) is 5.33. The molecule has 1 heterocycles. The van der Waals surface area contributed by atoms with E-state index in [9.17, 15) is 0 Å². The predicted octanol–water partition coefficient (Wildman–Crippen LogP) is 3.67. The first-order chi connectivity index (χ1) is 9.24. The summed E-state index contributed by atoms with van der Waals surface area (Å²) < 4.78 is 0. The first-order valence-electron chi connectivity index (χ1n) is 8.72. The maximum Gasteiger partial charge on any atom is 0.0251 e. The van der Waals surface area contributed by atoms with Crippen LogP contribution in [0.1, 0.15) is 65.7 Å². The average molecular weight is 266 g/mol. The Morgan fingerprint density at radius 1 is 1.16 bits per heavy atom. The van der Waals surface area contributed by atoms with Gasteiger partial charge in [0, 0.05) is 18.6 Å². The highest BCUT2D eigenvalue weighted by Gasteiger charge is 2.34. The third kappa shape index (κ3) is 4.19. The Kier molecular flexibility index (Phi) is 6.15. The van der Waals surface area contributed by atoms with Crippen molar-refractivity contribution in [3.05, 3.63) is 0 Å². The molecule has 1 saturated heterocycles. The van der Waals surface area contributed by atoms with E-state index in [2.05, 4.69) is 31.0 Å². The lowest BCUT2D eigenvalue weighted by Crippen LogP contribution is -2.55. The molecule has 1 N–H and O–H groups in total. The van der Waals surface area contributed by atoms with Crippen molar-refractivity contribution in [3.8, 4) is 0 Å². The second kappa shape index (κ2) is 7.64. The van der Waals surface area contributed by atoms with Crippen LogP contribution >= 0.6 is 0 Å². The summed E-state index contributed by atoms with van der Waals surface area (Å²) in [5.41, 5.74) is 0. The van der Waals surface area contributed by atoms with Crippen molar-refractivity contribution in [1.29, 1.82) is 0 Å². The van der Waals surface area contributed by atoms with E-state index in [0.717, 1.165) is 23.9 Å². The van der Waals surface area contributed by atoms with Gasteiger partial charge in [-0.3, -0.25) is 4.90 Å². The van der Waals surface area contributed by atoms with Gasteiger partial charge in [-0.15, -0.1) is 0 Å². The van der Waals surface area contributed by atoms with E-state index in [4.69, 9.17) is 0 Å². The van der Waals surface area contributed by atoms with Crippen molar-refractivity contribution in [3.63, 3.8) is 0 Å². The van der Waals surface area contributed by atoms with Gasteiger partial charge in [-0.05, 0) is 63.5 Å². The molecule has 4 atom stereocenters. The maximum atomic E-state index is 3.83. The van der Waals surface area contributed by atoms with Crippen LogP contribution in [0.25, 0.3) is 0 Å². The van der Waals surface area contributed by atoms with Crippen LogP contribution in [-0.4, -0.2) is 36.6 Å². The van der Waals surface area contributed by atoms with Crippen molar-refractivity contribution in [2.75, 3.05) is 19.6 Å². The quantitative estimate of drug-likeness (QED) is 0.817. The summed E-state index contributed by atoms with van der Waals surface area (Å²) in [5, 5.41) is 3.83. The SMILES string of the molecule is CCCNC1CCC(C)CC1N1CCCC(CC)C1. The van der Waals surface area contributed by atoms with Gasteiger partial charge in [0.2, 0.25) is 0 Å². The van der Waals surface area contributed by atoms with Gasteiger partial charge < -0.3 is 5.32 Å². The third-order valence-corrected chi connectivity index (χ3v) is 5.33. The van der Waals surface area contributed by atoms with Gasteiger partial charge in [-0.2, -0.15) is 0 Å². The molecule has 0 aromatic rings. The smallest absolute Gasteiger partial charge is 0.0251 e. The number of hydrogen-bond donors (Lipinski definition) is 1. The highest BCUT2D eigenvalue weighted by molar-refractivity contribution is 4.92. The molecule has 2 rings (SSSR count). The Balaban J connectivity index is 1.95. The lowest BCUT2D eigenvalue weighted by molar-refractivity contribution is 0.0608. The van der Waals surface area contributed by atoms with Crippen LogP contribution in [0.4, 0.5) is 0 Å². The van der Waals surface area contributed by atoms with E-state index >= 15 is 0 Å². The molecule has 1 aliphatic carbocycles. The Labute approximate surface area is 120 Å². The minimum atomic E-state index is 0.756. The summed E-state index contributed by atoms with van der Waals surface area (Å²) in [6.07, 6.45) is 9.73. The van der Waals surface area contributed by atoms with Gasteiger partial charge in [0.25, 0.3) is 0 Å². The van der Waals surface area contributed by atoms with E-state index in [0.29, 0.717) is 0 Å². The second-order valence-corrected chi connectivity index (χ2v) is 6.96. The van der Waals surface area contributed by atoms with Crippen LogP contribution in [0.5, 0.6) is 0 Å². The molecule has 0 amide bonds. The maximum absolute atomic E-state index is 3.83. The molecule has 2 heteroatoms. The molecule has 2 nitrogen and oxygen atoms in total. The van der Waals surface area contributed by atoms with Gasteiger partial charge in [-0.25, -0.2) is 0 Å². The fraction of sp³-hybridized carbons (Fsp3) is 1.00. The van der Waals surface area contributed by atoms with Crippen molar-refractivity contribution < 1.29 is 0 Å². The topological polar surface area (TPSA) is 15.3 Å². The molecule has 1 saturated carbocycles. The fourth-order valence-corrected chi connectivity index (χ4v) is 4.05. The molecule has 0 aromatic heterocycles. The Morgan fingerprint density at radius 2 is 2.00 bits per heavy atom. The number of likely N-dealkylation sites (tertiary alicyclic amines) is 1. The summed E-state index contributed by atoms with van der Waals surface area (Å²) in [7, 11) is 0. The van der Waals surface area contributed by atoms with Crippen LogP contribution < -0.4 is 5.32 Å². The largest absolute Gasteiger partial charge is 0.312 e. The van der Waals surface area contributed by atoms with Crippen LogP contribution in [0.15, 0.2) is 0 Å². The molecular formula is C17H34N2. The zero-order valence-electron chi connectivity index (χ0n) is 13.3. The number of piperidine rings is 1. The lowest BCUT2D eigenvalue weighted by Gasteiger charge is -2.45. The summed E-state index contributed by atoms with van der Waals surface area (Å²) >= 11 is 0. The van der Waals surface area contributed by atoms with Crippen LogP contribution in [0.3, 0.4) is 0 Å². The van der Waals surface area contributed by atoms with E-state index in [1.807, 2.05) is 0 Å². The van der Waals surface area contributed by atoms with Crippen molar-refractivity contribution >= 4 is 0 Å². The first kappa shape index (κ1) is 15.3. The minimum absolute atomic E-state index is 0.756. The Bertz CT molecular complexity index is 252. The van der Waals surface area contributed by atoms with Gasteiger partial charge in [0.1, 0.15) is 0 Å². The lowest BCUT2D eigenvalue weighted by atomic mass is 9.81. The van der Waals surface area contributed by atoms with Gasteiger partial charge >= 0.3 is 0 Å². The van der Waals surface area contributed by atoms with E-state index < -0.39 is 0 Å². The van der Waals surface area contributed by atoms with Gasteiger partial charge in [0.15, 0.2) is 0 Å². The van der Waals surface area contributed by atoms with Gasteiger partial charge in [-0.1, -0.05) is 27.2 Å². The van der Waals surface area contributed by atoms with E-state index in [-0.39, 0.29) is 0 Å². The summed E-state index contributed by atoms with van der Waals surface area (Å²) in [4.78, 5) is 2.83. The molecule has 1 aliphatic heterocycles. The van der Waals surface area contributed by atoms with Crippen LogP contribution in [0, 0.1) is 11.8 Å². The molecule has 0 spiro atoms. The molecule has 0 aromatic carbocycles. The molecule has 2 aliphatic rings. The highest BCUT2D eigenvalue weighted by Crippen LogP contribution is 2.31. The monoisotopic (exact) mass is 266 g/mol. The predicted molar refractivity (Wildman–Crippen MR) is 83.5 cm³/mol. The zero-order valence-corrected chi connectivity index (χ0v) is 13.3. The number of nitrogens with one attached hydrogen (secondary N) is 1. The van der Waals surface area contributed by atoms with E-state index in [1.54, 1.807) is 0 Å².